The van der Waals surface area contributed by atoms with E-state index in [9.17, 15) is 9.90 Å². The average molecular weight is 484 g/mol. The Morgan fingerprint density at radius 2 is 1.86 bits per heavy atom. The first kappa shape index (κ1) is 22.5. The van der Waals surface area contributed by atoms with Crippen LogP contribution in [0.3, 0.4) is 0 Å². The normalized spacial score (nSPS) is 11.4. The van der Waals surface area contributed by atoms with Crippen LogP contribution in [0.2, 0.25) is 5.02 Å². The molecule has 0 aliphatic carbocycles. The van der Waals surface area contributed by atoms with Crippen molar-refractivity contribution in [3.63, 3.8) is 0 Å². The van der Waals surface area contributed by atoms with Crippen LogP contribution in [-0.4, -0.2) is 28.9 Å². The number of nitrogens with one attached hydrogen (secondary N) is 1. The SMILES string of the molecule is COc1ccc(Cn2ccc3c(/C=N/NC(=O)c4ccc(O)c(Cl)c4)cccc32)c2ccccc12. The molecule has 7 heteroatoms. The molecule has 0 saturated heterocycles. The molecule has 0 fully saturated rings. The van der Waals surface area contributed by atoms with Crippen LogP contribution in [0.5, 0.6) is 11.5 Å². The van der Waals surface area contributed by atoms with Gasteiger partial charge in [-0.15, -0.1) is 0 Å². The summed E-state index contributed by atoms with van der Waals surface area (Å²) < 4.78 is 7.72. The number of phenols is 1. The Bertz CT molecular complexity index is 1590. The van der Waals surface area contributed by atoms with Gasteiger partial charge >= 0.3 is 0 Å². The largest absolute Gasteiger partial charge is 0.506 e. The van der Waals surface area contributed by atoms with Crippen molar-refractivity contribution in [3.05, 3.63) is 107 Å². The van der Waals surface area contributed by atoms with Crippen molar-refractivity contribution >= 4 is 45.4 Å². The maximum Gasteiger partial charge on any atom is 0.271 e. The van der Waals surface area contributed by atoms with Gasteiger partial charge in [-0.05, 0) is 47.3 Å². The number of methoxy groups -OCH3 is 1. The molecule has 0 spiro atoms. The van der Waals surface area contributed by atoms with Crippen molar-refractivity contribution in [2.75, 3.05) is 7.11 Å². The second-order valence-corrected chi connectivity index (χ2v) is 8.47. The number of rotatable bonds is 6. The Morgan fingerprint density at radius 3 is 2.66 bits per heavy atom. The lowest BCUT2D eigenvalue weighted by molar-refractivity contribution is 0.0955. The number of benzene rings is 4. The number of phenolic OH excluding ortho intramolecular Hbond substituents is 1. The smallest absolute Gasteiger partial charge is 0.271 e. The van der Waals surface area contributed by atoms with Crippen molar-refractivity contribution in [3.8, 4) is 11.5 Å². The lowest BCUT2D eigenvalue weighted by Gasteiger charge is -2.12. The minimum Gasteiger partial charge on any atom is -0.506 e. The number of aromatic nitrogens is 1. The first-order valence-corrected chi connectivity index (χ1v) is 11.4. The third kappa shape index (κ3) is 4.44. The predicted octanol–water partition coefficient (Wildman–Crippen LogP) is 5.97. The third-order valence-electron chi connectivity index (χ3n) is 5.96. The summed E-state index contributed by atoms with van der Waals surface area (Å²) in [4.78, 5) is 12.3. The molecule has 0 radical (unpaired) electrons. The van der Waals surface area contributed by atoms with Crippen molar-refractivity contribution in [2.45, 2.75) is 6.54 Å². The van der Waals surface area contributed by atoms with Gasteiger partial charge in [-0.25, -0.2) is 5.43 Å². The summed E-state index contributed by atoms with van der Waals surface area (Å²) in [6.45, 7) is 0.701. The van der Waals surface area contributed by atoms with Crippen LogP contribution in [0, 0.1) is 0 Å². The fraction of sp³-hybridized carbons (Fsp3) is 0.0714. The minimum atomic E-state index is -0.417. The molecule has 5 rings (SSSR count). The van der Waals surface area contributed by atoms with Gasteiger partial charge in [-0.2, -0.15) is 5.10 Å². The minimum absolute atomic E-state index is 0.0782. The zero-order chi connectivity index (χ0) is 24.4. The van der Waals surface area contributed by atoms with Gasteiger partial charge in [0, 0.05) is 40.2 Å². The van der Waals surface area contributed by atoms with Crippen molar-refractivity contribution < 1.29 is 14.6 Å². The molecular formula is C28H22ClN3O3. The van der Waals surface area contributed by atoms with Crippen LogP contribution in [0.4, 0.5) is 0 Å². The number of carbonyl (C=O) groups excluding carboxylic acids is 1. The quantitative estimate of drug-likeness (QED) is 0.230. The summed E-state index contributed by atoms with van der Waals surface area (Å²) >= 11 is 5.88. The average Bonchev–Trinajstić information content (AvgIpc) is 3.29. The molecule has 0 aliphatic heterocycles. The van der Waals surface area contributed by atoms with Gasteiger partial charge in [-0.3, -0.25) is 4.79 Å². The highest BCUT2D eigenvalue weighted by atomic mass is 35.5. The van der Waals surface area contributed by atoms with Gasteiger partial charge in [0.25, 0.3) is 5.91 Å². The number of carbonyl (C=O) groups is 1. The van der Waals surface area contributed by atoms with Gasteiger partial charge < -0.3 is 14.4 Å². The number of hydrogen-bond acceptors (Lipinski definition) is 4. The van der Waals surface area contributed by atoms with E-state index in [1.807, 2.05) is 36.4 Å². The fourth-order valence-electron chi connectivity index (χ4n) is 4.20. The van der Waals surface area contributed by atoms with Gasteiger partial charge in [0.05, 0.1) is 18.3 Å². The Labute approximate surface area is 207 Å². The fourth-order valence-corrected chi connectivity index (χ4v) is 4.38. The first-order chi connectivity index (χ1) is 17.0. The Hall–Kier alpha value is -4.29. The van der Waals surface area contributed by atoms with E-state index in [2.05, 4.69) is 45.6 Å². The topological polar surface area (TPSA) is 75.8 Å². The number of nitrogens with zero attached hydrogens (tertiary/aromatic N) is 2. The van der Waals surface area contributed by atoms with Crippen LogP contribution < -0.4 is 10.2 Å². The standard InChI is InChI=1S/C28H22ClN3O3/c1-35-27-12-10-20(21-6-2-3-7-23(21)27)17-32-14-13-22-19(5-4-8-25(22)32)16-30-31-28(34)18-9-11-26(33)24(29)15-18/h2-16,33H,17H2,1H3,(H,31,34)/b30-16+. The second-order valence-electron chi connectivity index (χ2n) is 8.06. The molecule has 6 nitrogen and oxygen atoms in total. The monoisotopic (exact) mass is 483 g/mol. The zero-order valence-corrected chi connectivity index (χ0v) is 19.7. The van der Waals surface area contributed by atoms with E-state index in [1.165, 1.54) is 23.8 Å². The van der Waals surface area contributed by atoms with E-state index in [0.29, 0.717) is 12.1 Å². The number of amides is 1. The highest BCUT2D eigenvalue weighted by Gasteiger charge is 2.10. The Morgan fingerprint density at radius 1 is 1.03 bits per heavy atom. The van der Waals surface area contributed by atoms with E-state index in [4.69, 9.17) is 16.3 Å². The number of fused-ring (bicyclic) bond motifs is 2. The number of halogens is 1. The summed E-state index contributed by atoms with van der Waals surface area (Å²) in [5.41, 5.74) is 5.95. The lowest BCUT2D eigenvalue weighted by atomic mass is 10.0. The van der Waals surface area contributed by atoms with Crippen molar-refractivity contribution in [2.24, 2.45) is 5.10 Å². The zero-order valence-electron chi connectivity index (χ0n) is 18.9. The summed E-state index contributed by atoms with van der Waals surface area (Å²) in [6, 6.07) is 24.6. The molecule has 1 heterocycles. The van der Waals surface area contributed by atoms with E-state index in [-0.39, 0.29) is 10.8 Å². The number of ether oxygens (including phenoxy) is 1. The molecule has 1 aromatic heterocycles. The Balaban J connectivity index is 1.39. The number of aromatic hydroxyl groups is 1. The van der Waals surface area contributed by atoms with Crippen LogP contribution in [-0.2, 0) is 6.54 Å². The summed E-state index contributed by atoms with van der Waals surface area (Å²) in [5, 5.41) is 17.0. The van der Waals surface area contributed by atoms with Crippen LogP contribution in [0.25, 0.3) is 21.7 Å². The van der Waals surface area contributed by atoms with E-state index < -0.39 is 5.91 Å². The lowest BCUT2D eigenvalue weighted by Crippen LogP contribution is -2.17. The molecule has 174 valence electrons. The highest BCUT2D eigenvalue weighted by molar-refractivity contribution is 6.32. The molecule has 0 bridgehead atoms. The maximum atomic E-state index is 12.3. The van der Waals surface area contributed by atoms with Gasteiger partial charge in [0.2, 0.25) is 0 Å². The van der Waals surface area contributed by atoms with Crippen molar-refractivity contribution in [1.82, 2.24) is 9.99 Å². The third-order valence-corrected chi connectivity index (χ3v) is 6.26. The Kier molecular flexibility index (Phi) is 6.12. The van der Waals surface area contributed by atoms with E-state index in [1.54, 1.807) is 13.3 Å². The van der Waals surface area contributed by atoms with Gasteiger partial charge in [-0.1, -0.05) is 54.1 Å². The summed E-state index contributed by atoms with van der Waals surface area (Å²) in [7, 11) is 1.69. The molecule has 0 atom stereocenters. The molecule has 0 aliphatic rings. The molecule has 4 aromatic carbocycles. The van der Waals surface area contributed by atoms with Gasteiger partial charge in [0.15, 0.2) is 0 Å². The molecule has 2 N–H and O–H groups in total. The van der Waals surface area contributed by atoms with Crippen LogP contribution >= 0.6 is 11.6 Å². The molecular weight excluding hydrogens is 462 g/mol. The van der Waals surface area contributed by atoms with Crippen LogP contribution in [0.1, 0.15) is 21.5 Å². The first-order valence-electron chi connectivity index (χ1n) is 11.0. The molecule has 1 amide bonds. The summed E-state index contributed by atoms with van der Waals surface area (Å²) in [5.74, 6) is 0.363. The highest BCUT2D eigenvalue weighted by Crippen LogP contribution is 2.30. The van der Waals surface area contributed by atoms with Crippen molar-refractivity contribution in [1.29, 1.82) is 0 Å². The van der Waals surface area contributed by atoms with Crippen LogP contribution in [0.15, 0.2) is 90.2 Å². The molecule has 0 unspecified atom stereocenters. The van der Waals surface area contributed by atoms with Gasteiger partial charge in [0.1, 0.15) is 11.5 Å². The maximum absolute atomic E-state index is 12.3. The molecule has 0 saturated carbocycles. The second kappa shape index (κ2) is 9.52. The molecule has 35 heavy (non-hydrogen) atoms. The summed E-state index contributed by atoms with van der Waals surface area (Å²) in [6.07, 6.45) is 3.67. The molecule has 5 aromatic rings. The number of hydrazone groups is 1. The van der Waals surface area contributed by atoms with E-state index in [0.717, 1.165) is 33.0 Å². The predicted molar refractivity (Wildman–Crippen MR) is 140 cm³/mol. The number of hydrogen-bond donors (Lipinski definition) is 2. The van der Waals surface area contributed by atoms with E-state index >= 15 is 0 Å².